The first-order valence-electron chi connectivity index (χ1n) is 10.5. The smallest absolute Gasteiger partial charge is 0.262 e. The van der Waals surface area contributed by atoms with Crippen LogP contribution in [0, 0.1) is 0 Å². The van der Waals surface area contributed by atoms with Crippen LogP contribution in [0.1, 0.15) is 36.0 Å². The van der Waals surface area contributed by atoms with Crippen LogP contribution in [0.25, 0.3) is 10.8 Å². The number of nitrogens with one attached hydrogen (secondary N) is 1. The zero-order valence-corrected chi connectivity index (χ0v) is 17.0. The Labute approximate surface area is 176 Å². The van der Waals surface area contributed by atoms with Crippen LogP contribution in [0.15, 0.2) is 66.7 Å². The molecule has 0 atom stereocenters. The lowest BCUT2D eigenvalue weighted by atomic mass is 10.1. The molecule has 0 unspecified atom stereocenters. The number of ether oxygens (including phenoxy) is 1. The first kappa shape index (κ1) is 20.0. The number of fused-ring (bicyclic) bond motifs is 1. The van der Waals surface area contributed by atoms with Crippen LogP contribution < -0.4 is 10.1 Å². The molecule has 30 heavy (non-hydrogen) atoms. The second-order valence-electron chi connectivity index (χ2n) is 7.57. The zero-order chi connectivity index (χ0) is 20.8. The highest BCUT2D eigenvalue weighted by molar-refractivity contribution is 6.04. The topological polar surface area (TPSA) is 58.6 Å². The standard InChI is InChI=1S/C25H26N2O3/c28-24(18-30-23-15-9-11-19-10-3-4-12-20(19)23)26-22-14-6-5-13-21(22)25(29)27-16-7-1-2-8-17-27/h3-6,9-15H,1-2,7-8,16-18H2,(H,26,28). The van der Waals surface area contributed by atoms with Gasteiger partial charge in [0.15, 0.2) is 6.61 Å². The highest BCUT2D eigenvalue weighted by Crippen LogP contribution is 2.25. The van der Waals surface area contributed by atoms with Crippen LogP contribution >= 0.6 is 0 Å². The molecule has 3 aromatic rings. The van der Waals surface area contributed by atoms with Crippen molar-refractivity contribution in [3.8, 4) is 5.75 Å². The molecular weight excluding hydrogens is 376 g/mol. The quantitative estimate of drug-likeness (QED) is 0.662. The first-order chi connectivity index (χ1) is 14.7. The molecule has 1 saturated heterocycles. The van der Waals surface area contributed by atoms with E-state index in [2.05, 4.69) is 5.32 Å². The summed E-state index contributed by atoms with van der Waals surface area (Å²) in [7, 11) is 0. The number of carbonyl (C=O) groups excluding carboxylic acids is 2. The largest absolute Gasteiger partial charge is 0.483 e. The number of anilines is 1. The Balaban J connectivity index is 1.44. The summed E-state index contributed by atoms with van der Waals surface area (Å²) in [5.41, 5.74) is 1.05. The number of amides is 2. The third-order valence-corrected chi connectivity index (χ3v) is 5.43. The summed E-state index contributed by atoms with van der Waals surface area (Å²) in [4.78, 5) is 27.5. The molecule has 3 aromatic carbocycles. The van der Waals surface area contributed by atoms with Gasteiger partial charge in [-0.2, -0.15) is 0 Å². The third-order valence-electron chi connectivity index (χ3n) is 5.43. The second kappa shape index (κ2) is 9.44. The summed E-state index contributed by atoms with van der Waals surface area (Å²) in [6.45, 7) is 1.41. The Bertz CT molecular complexity index is 1030. The van der Waals surface area contributed by atoms with Crippen molar-refractivity contribution in [2.75, 3.05) is 25.0 Å². The van der Waals surface area contributed by atoms with Crippen molar-refractivity contribution >= 4 is 28.3 Å². The molecule has 1 N–H and O–H groups in total. The third kappa shape index (κ3) is 4.62. The maximum atomic E-state index is 13.0. The minimum Gasteiger partial charge on any atom is -0.483 e. The van der Waals surface area contributed by atoms with E-state index in [1.54, 1.807) is 12.1 Å². The lowest BCUT2D eigenvalue weighted by Gasteiger charge is -2.22. The maximum absolute atomic E-state index is 13.0. The lowest BCUT2D eigenvalue weighted by molar-refractivity contribution is -0.118. The summed E-state index contributed by atoms with van der Waals surface area (Å²) in [5, 5.41) is 4.87. The van der Waals surface area contributed by atoms with Crippen molar-refractivity contribution < 1.29 is 14.3 Å². The summed E-state index contributed by atoms with van der Waals surface area (Å²) >= 11 is 0. The number of benzene rings is 3. The monoisotopic (exact) mass is 402 g/mol. The molecule has 0 aliphatic carbocycles. The van der Waals surface area contributed by atoms with E-state index < -0.39 is 0 Å². The molecule has 1 heterocycles. The fraction of sp³-hybridized carbons (Fsp3) is 0.280. The van der Waals surface area contributed by atoms with Gasteiger partial charge in [0.25, 0.3) is 11.8 Å². The number of likely N-dealkylation sites (tertiary alicyclic amines) is 1. The van der Waals surface area contributed by atoms with Crippen molar-refractivity contribution in [1.29, 1.82) is 0 Å². The van der Waals surface area contributed by atoms with Crippen molar-refractivity contribution in [1.82, 2.24) is 4.90 Å². The van der Waals surface area contributed by atoms with Gasteiger partial charge in [-0.1, -0.05) is 61.4 Å². The van der Waals surface area contributed by atoms with Crippen molar-refractivity contribution in [2.45, 2.75) is 25.7 Å². The SMILES string of the molecule is O=C(COc1cccc2ccccc12)Nc1ccccc1C(=O)N1CCCCCC1. The van der Waals surface area contributed by atoms with Gasteiger partial charge in [0.2, 0.25) is 0 Å². The molecule has 1 aliphatic heterocycles. The summed E-state index contributed by atoms with van der Waals surface area (Å²) in [5.74, 6) is 0.346. The Morgan fingerprint density at radius 1 is 0.833 bits per heavy atom. The maximum Gasteiger partial charge on any atom is 0.262 e. The Kier molecular flexibility index (Phi) is 6.28. The van der Waals surface area contributed by atoms with Gasteiger partial charge < -0.3 is 15.0 Å². The Morgan fingerprint density at radius 2 is 1.53 bits per heavy atom. The first-order valence-corrected chi connectivity index (χ1v) is 10.5. The van der Waals surface area contributed by atoms with Gasteiger partial charge in [0.05, 0.1) is 11.3 Å². The van der Waals surface area contributed by atoms with Crippen LogP contribution in [-0.2, 0) is 4.79 Å². The normalized spacial score (nSPS) is 14.2. The number of rotatable bonds is 5. The van der Waals surface area contributed by atoms with Gasteiger partial charge in [-0.05, 0) is 36.4 Å². The van der Waals surface area contributed by atoms with E-state index >= 15 is 0 Å². The van der Waals surface area contributed by atoms with Gasteiger partial charge in [-0.25, -0.2) is 0 Å². The van der Waals surface area contributed by atoms with Crippen molar-refractivity contribution in [2.24, 2.45) is 0 Å². The van der Waals surface area contributed by atoms with Crippen molar-refractivity contribution in [3.05, 3.63) is 72.3 Å². The number of para-hydroxylation sites is 1. The molecule has 1 aliphatic rings. The minimum atomic E-state index is -0.293. The summed E-state index contributed by atoms with van der Waals surface area (Å²) in [6.07, 6.45) is 4.37. The van der Waals surface area contributed by atoms with E-state index in [0.717, 1.165) is 49.5 Å². The van der Waals surface area contributed by atoms with Gasteiger partial charge in [-0.3, -0.25) is 9.59 Å². The van der Waals surface area contributed by atoms with Crippen LogP contribution in [0.5, 0.6) is 5.75 Å². The average molecular weight is 402 g/mol. The number of hydrogen-bond donors (Lipinski definition) is 1. The van der Waals surface area contributed by atoms with Crippen LogP contribution in [-0.4, -0.2) is 36.4 Å². The molecule has 5 nitrogen and oxygen atoms in total. The summed E-state index contributed by atoms with van der Waals surface area (Å²) < 4.78 is 5.78. The van der Waals surface area contributed by atoms with Crippen molar-refractivity contribution in [3.63, 3.8) is 0 Å². The van der Waals surface area contributed by atoms with Gasteiger partial charge in [0.1, 0.15) is 5.75 Å². The molecule has 154 valence electrons. The molecule has 0 spiro atoms. The fourth-order valence-electron chi connectivity index (χ4n) is 3.87. The van der Waals surface area contributed by atoms with Gasteiger partial charge in [-0.15, -0.1) is 0 Å². The van der Waals surface area contributed by atoms with E-state index in [0.29, 0.717) is 17.0 Å². The molecule has 0 radical (unpaired) electrons. The average Bonchev–Trinajstić information content (AvgIpc) is 3.07. The number of carbonyl (C=O) groups is 2. The second-order valence-corrected chi connectivity index (χ2v) is 7.57. The number of hydrogen-bond acceptors (Lipinski definition) is 3. The molecule has 0 bridgehead atoms. The molecule has 4 rings (SSSR count). The van der Waals surface area contributed by atoms with Crippen LogP contribution in [0.4, 0.5) is 5.69 Å². The van der Waals surface area contributed by atoms with Crippen LogP contribution in [0.2, 0.25) is 0 Å². The minimum absolute atomic E-state index is 0.0252. The predicted molar refractivity (Wildman–Crippen MR) is 119 cm³/mol. The molecule has 5 heteroatoms. The van der Waals surface area contributed by atoms with Gasteiger partial charge >= 0.3 is 0 Å². The molecule has 1 fully saturated rings. The van der Waals surface area contributed by atoms with Crippen LogP contribution in [0.3, 0.4) is 0 Å². The summed E-state index contributed by atoms with van der Waals surface area (Å²) in [6, 6.07) is 20.8. The van der Waals surface area contributed by atoms with E-state index in [4.69, 9.17) is 4.74 Å². The molecule has 0 saturated carbocycles. The van der Waals surface area contributed by atoms with E-state index in [1.165, 1.54) is 0 Å². The lowest BCUT2D eigenvalue weighted by Crippen LogP contribution is -2.33. The predicted octanol–water partition coefficient (Wildman–Crippen LogP) is 4.87. The van der Waals surface area contributed by atoms with E-state index in [1.807, 2.05) is 59.5 Å². The zero-order valence-electron chi connectivity index (χ0n) is 17.0. The highest BCUT2D eigenvalue weighted by atomic mass is 16.5. The molecular formula is C25H26N2O3. The Hall–Kier alpha value is -3.34. The van der Waals surface area contributed by atoms with Gasteiger partial charge in [0, 0.05) is 18.5 Å². The number of nitrogens with zero attached hydrogens (tertiary/aromatic N) is 1. The molecule has 0 aromatic heterocycles. The van der Waals surface area contributed by atoms with E-state index in [9.17, 15) is 9.59 Å². The Morgan fingerprint density at radius 3 is 2.37 bits per heavy atom. The molecule has 2 amide bonds. The highest BCUT2D eigenvalue weighted by Gasteiger charge is 2.20. The fourth-order valence-corrected chi connectivity index (χ4v) is 3.87. The van der Waals surface area contributed by atoms with E-state index in [-0.39, 0.29) is 18.4 Å².